The van der Waals surface area contributed by atoms with E-state index in [4.69, 9.17) is 4.42 Å². The summed E-state index contributed by atoms with van der Waals surface area (Å²) in [6.07, 6.45) is 0. The van der Waals surface area contributed by atoms with Crippen LogP contribution in [-0.4, -0.2) is 0 Å². The van der Waals surface area contributed by atoms with Crippen molar-refractivity contribution in [3.63, 3.8) is 0 Å². The first-order valence-electron chi connectivity index (χ1n) is 17.9. The molecule has 246 valence electrons. The van der Waals surface area contributed by atoms with Gasteiger partial charge in [-0.1, -0.05) is 117 Å². The third kappa shape index (κ3) is 4.23. The molecular weight excluding hydrogens is 651 g/mol. The fourth-order valence-electron chi connectivity index (χ4n) is 8.73. The zero-order chi connectivity index (χ0) is 34.6. The van der Waals surface area contributed by atoms with Crippen LogP contribution < -0.4 is 4.90 Å². The molecule has 3 heteroatoms. The van der Waals surface area contributed by atoms with Crippen molar-refractivity contribution in [2.45, 2.75) is 19.3 Å². The molecule has 2 nitrogen and oxygen atoms in total. The van der Waals surface area contributed by atoms with E-state index in [9.17, 15) is 0 Å². The zero-order valence-corrected chi connectivity index (χ0v) is 29.7. The van der Waals surface area contributed by atoms with Gasteiger partial charge in [0.1, 0.15) is 11.2 Å². The molecule has 0 saturated heterocycles. The normalized spacial score (nSPS) is 13.3. The summed E-state index contributed by atoms with van der Waals surface area (Å²) in [6, 6.07) is 59.9. The monoisotopic (exact) mass is 683 g/mol. The van der Waals surface area contributed by atoms with Gasteiger partial charge in [0, 0.05) is 53.3 Å². The summed E-state index contributed by atoms with van der Waals surface area (Å²) < 4.78 is 9.06. The predicted octanol–water partition coefficient (Wildman–Crippen LogP) is 14.6. The third-order valence-corrected chi connectivity index (χ3v) is 12.4. The van der Waals surface area contributed by atoms with Gasteiger partial charge in [-0.3, -0.25) is 0 Å². The van der Waals surface area contributed by atoms with Gasteiger partial charge in [-0.25, -0.2) is 0 Å². The summed E-state index contributed by atoms with van der Waals surface area (Å²) in [7, 11) is 0. The van der Waals surface area contributed by atoms with Gasteiger partial charge in [0.05, 0.1) is 5.69 Å². The third-order valence-electron chi connectivity index (χ3n) is 11.3. The summed E-state index contributed by atoms with van der Waals surface area (Å²) in [4.78, 5) is 2.46. The maximum atomic E-state index is 6.44. The fraction of sp³-hybridized carbons (Fsp3) is 0.0612. The zero-order valence-electron chi connectivity index (χ0n) is 28.9. The molecule has 10 aromatic rings. The van der Waals surface area contributed by atoms with Gasteiger partial charge < -0.3 is 9.32 Å². The quantitative estimate of drug-likeness (QED) is 0.184. The standard InChI is InChI=1S/C49H33NOS/c1-49(2)40-14-7-5-13-37(40)48-41(49)15-9-16-42(48)50(34-24-27-46-39(29-34)36-12-6-8-17-45(36)52-46)33-22-18-30(19-23-33)32-20-25-38-44(28-32)51-43-26-21-31-10-3-4-11-35(31)47(38)43/h3-29H,1-2H3. The molecule has 0 N–H and O–H groups in total. The minimum atomic E-state index is -0.0907. The lowest BCUT2D eigenvalue weighted by molar-refractivity contribution is 0.660. The highest BCUT2D eigenvalue weighted by molar-refractivity contribution is 7.25. The Labute approximate surface area is 305 Å². The number of thiophene rings is 1. The molecule has 0 saturated carbocycles. The van der Waals surface area contributed by atoms with E-state index in [0.717, 1.165) is 39.1 Å². The number of hydrogen-bond donors (Lipinski definition) is 0. The van der Waals surface area contributed by atoms with Gasteiger partial charge >= 0.3 is 0 Å². The second-order valence-corrected chi connectivity index (χ2v) is 15.6. The molecule has 52 heavy (non-hydrogen) atoms. The maximum Gasteiger partial charge on any atom is 0.136 e. The molecule has 0 bridgehead atoms. The Morgan fingerprint density at radius 2 is 1.23 bits per heavy atom. The van der Waals surface area contributed by atoms with Crippen LogP contribution in [0.4, 0.5) is 17.1 Å². The van der Waals surface area contributed by atoms with E-state index in [1.807, 2.05) is 11.3 Å². The lowest BCUT2D eigenvalue weighted by Crippen LogP contribution is -2.16. The topological polar surface area (TPSA) is 16.4 Å². The molecule has 0 aliphatic heterocycles. The second-order valence-electron chi connectivity index (χ2n) is 14.5. The van der Waals surface area contributed by atoms with Crippen molar-refractivity contribution in [3.05, 3.63) is 175 Å². The van der Waals surface area contributed by atoms with E-state index in [0.29, 0.717) is 0 Å². The van der Waals surface area contributed by atoms with Crippen molar-refractivity contribution in [1.82, 2.24) is 0 Å². The summed E-state index contributed by atoms with van der Waals surface area (Å²) in [6.45, 7) is 4.71. The smallest absolute Gasteiger partial charge is 0.136 e. The van der Waals surface area contributed by atoms with E-state index in [1.54, 1.807) is 0 Å². The Bertz CT molecular complexity index is 3050. The first-order valence-corrected chi connectivity index (χ1v) is 18.7. The van der Waals surface area contributed by atoms with Crippen LogP contribution in [0.25, 0.3) is 75.1 Å². The number of benzene rings is 8. The lowest BCUT2D eigenvalue weighted by atomic mass is 9.82. The van der Waals surface area contributed by atoms with E-state index >= 15 is 0 Å². The Morgan fingerprint density at radius 3 is 2.13 bits per heavy atom. The van der Waals surface area contributed by atoms with Crippen LogP contribution in [-0.2, 0) is 5.41 Å². The van der Waals surface area contributed by atoms with Crippen molar-refractivity contribution in [3.8, 4) is 22.3 Å². The van der Waals surface area contributed by atoms with Gasteiger partial charge in [-0.15, -0.1) is 11.3 Å². The van der Waals surface area contributed by atoms with Crippen molar-refractivity contribution in [1.29, 1.82) is 0 Å². The predicted molar refractivity (Wildman–Crippen MR) is 222 cm³/mol. The number of nitrogens with zero attached hydrogens (tertiary/aromatic N) is 1. The highest BCUT2D eigenvalue weighted by Gasteiger charge is 2.37. The number of furan rings is 1. The summed E-state index contributed by atoms with van der Waals surface area (Å²) >= 11 is 1.86. The molecule has 0 spiro atoms. The van der Waals surface area contributed by atoms with Crippen molar-refractivity contribution < 1.29 is 4.42 Å². The second kappa shape index (κ2) is 10.9. The van der Waals surface area contributed by atoms with Gasteiger partial charge in [0.2, 0.25) is 0 Å². The minimum Gasteiger partial charge on any atom is -0.456 e. The molecule has 0 unspecified atom stereocenters. The van der Waals surface area contributed by atoms with Crippen molar-refractivity contribution in [2.75, 3.05) is 4.90 Å². The summed E-state index contributed by atoms with van der Waals surface area (Å²) in [5.41, 5.74) is 12.9. The molecule has 0 atom stereocenters. The van der Waals surface area contributed by atoms with Crippen LogP contribution in [0.15, 0.2) is 168 Å². The SMILES string of the molecule is CC1(C)c2ccccc2-c2c(N(c3ccc(-c4ccc5c(c4)oc4ccc6ccccc6c45)cc3)c3ccc4sc5ccccc5c4c3)cccc21. The molecule has 8 aromatic carbocycles. The Hall–Kier alpha value is -6.16. The number of hydrogen-bond acceptors (Lipinski definition) is 3. The summed E-state index contributed by atoms with van der Waals surface area (Å²) in [5, 5.41) is 7.38. The van der Waals surface area contributed by atoms with Crippen molar-refractivity contribution in [2.24, 2.45) is 0 Å². The van der Waals surface area contributed by atoms with Gasteiger partial charge in [0.25, 0.3) is 0 Å². The van der Waals surface area contributed by atoms with Crippen LogP contribution >= 0.6 is 11.3 Å². The molecule has 0 amide bonds. The van der Waals surface area contributed by atoms with Gasteiger partial charge in [-0.05, 0) is 99.3 Å². The molecule has 0 radical (unpaired) electrons. The van der Waals surface area contributed by atoms with E-state index in [-0.39, 0.29) is 5.41 Å². The summed E-state index contributed by atoms with van der Waals surface area (Å²) in [5.74, 6) is 0. The average molecular weight is 684 g/mol. The number of anilines is 3. The molecular formula is C49H33NOS. The van der Waals surface area contributed by atoms with E-state index in [1.165, 1.54) is 64.3 Å². The molecule has 2 heterocycles. The Kier molecular flexibility index (Phi) is 6.21. The highest BCUT2D eigenvalue weighted by Crippen LogP contribution is 2.54. The Balaban J connectivity index is 1.08. The van der Waals surface area contributed by atoms with Crippen LogP contribution in [0, 0.1) is 0 Å². The van der Waals surface area contributed by atoms with Crippen LogP contribution in [0.1, 0.15) is 25.0 Å². The molecule has 0 fully saturated rings. The van der Waals surface area contributed by atoms with Crippen molar-refractivity contribution >= 4 is 81.3 Å². The van der Waals surface area contributed by atoms with Crippen LogP contribution in [0.2, 0.25) is 0 Å². The molecule has 11 rings (SSSR count). The highest BCUT2D eigenvalue weighted by atomic mass is 32.1. The number of fused-ring (bicyclic) bond motifs is 11. The largest absolute Gasteiger partial charge is 0.456 e. The first kappa shape index (κ1) is 29.6. The van der Waals surface area contributed by atoms with Gasteiger partial charge in [0.15, 0.2) is 0 Å². The average Bonchev–Trinajstić information content (AvgIpc) is 3.83. The molecule has 1 aliphatic rings. The van der Waals surface area contributed by atoms with Crippen LogP contribution in [0.3, 0.4) is 0 Å². The Morgan fingerprint density at radius 1 is 0.500 bits per heavy atom. The fourth-order valence-corrected chi connectivity index (χ4v) is 9.82. The molecule has 2 aromatic heterocycles. The maximum absolute atomic E-state index is 6.44. The van der Waals surface area contributed by atoms with E-state index < -0.39 is 0 Å². The van der Waals surface area contributed by atoms with Gasteiger partial charge in [-0.2, -0.15) is 0 Å². The van der Waals surface area contributed by atoms with Crippen LogP contribution in [0.5, 0.6) is 0 Å². The van der Waals surface area contributed by atoms with E-state index in [2.05, 4.69) is 183 Å². The lowest BCUT2D eigenvalue weighted by Gasteiger charge is -2.29. The first-order chi connectivity index (χ1) is 25.5. The molecule has 1 aliphatic carbocycles. The number of rotatable bonds is 4. The minimum absolute atomic E-state index is 0.0907.